The smallest absolute Gasteiger partial charge is 0.320 e. The molecule has 1 aromatic rings. The van der Waals surface area contributed by atoms with E-state index in [1.54, 1.807) is 18.2 Å². The van der Waals surface area contributed by atoms with Gasteiger partial charge in [-0.1, -0.05) is 36.0 Å². The molecule has 0 saturated carbocycles. The highest BCUT2D eigenvalue weighted by Gasteiger charge is 2.14. The fraction of sp³-hybridized carbons (Fsp3) is 0.500. The van der Waals surface area contributed by atoms with Crippen LogP contribution in [0.4, 0.5) is 4.79 Å². The number of carbonyl (C=O) groups is 1. The average Bonchev–Trinajstić information content (AvgIpc) is 2.70. The van der Waals surface area contributed by atoms with Crippen LogP contribution in [0.5, 0.6) is 5.75 Å². The largest absolute Gasteiger partial charge is 0.472 e. The molecule has 0 atom stereocenters. The Bertz CT molecular complexity index is 460. The molecule has 0 radical (unpaired) electrons. The standard InChI is InChI=1S/C14H18Cl2N2O2/c15-11-5-6-13(12(16)9-11)20-10-17-14(19)18-7-3-1-2-4-8-18/h5-6,9H,1-4,7-8,10H2,(H,17,19). The van der Waals surface area contributed by atoms with Gasteiger partial charge in [-0.25, -0.2) is 4.79 Å². The molecule has 0 aliphatic carbocycles. The lowest BCUT2D eigenvalue weighted by atomic mass is 10.2. The van der Waals surface area contributed by atoms with E-state index in [-0.39, 0.29) is 12.8 Å². The second-order valence-corrected chi connectivity index (χ2v) is 5.59. The van der Waals surface area contributed by atoms with Gasteiger partial charge in [0.1, 0.15) is 5.75 Å². The molecule has 1 aromatic carbocycles. The molecule has 4 nitrogen and oxygen atoms in total. The molecule has 1 N–H and O–H groups in total. The van der Waals surface area contributed by atoms with E-state index in [2.05, 4.69) is 5.32 Å². The number of rotatable bonds is 3. The summed E-state index contributed by atoms with van der Waals surface area (Å²) in [5.41, 5.74) is 0. The molecule has 1 saturated heterocycles. The van der Waals surface area contributed by atoms with Crippen molar-refractivity contribution >= 4 is 29.2 Å². The molecule has 1 fully saturated rings. The van der Waals surface area contributed by atoms with Crippen LogP contribution in [0.15, 0.2) is 18.2 Å². The zero-order valence-electron chi connectivity index (χ0n) is 11.2. The Balaban J connectivity index is 1.78. The van der Waals surface area contributed by atoms with Crippen LogP contribution in [0.2, 0.25) is 10.0 Å². The molecule has 0 aromatic heterocycles. The number of carbonyl (C=O) groups excluding carboxylic acids is 1. The monoisotopic (exact) mass is 316 g/mol. The number of ether oxygens (including phenoxy) is 1. The lowest BCUT2D eigenvalue weighted by Gasteiger charge is -2.20. The van der Waals surface area contributed by atoms with Crippen molar-refractivity contribution in [2.75, 3.05) is 19.8 Å². The van der Waals surface area contributed by atoms with Crippen molar-refractivity contribution < 1.29 is 9.53 Å². The van der Waals surface area contributed by atoms with Gasteiger partial charge in [0.05, 0.1) is 5.02 Å². The lowest BCUT2D eigenvalue weighted by Crippen LogP contribution is -2.41. The Morgan fingerprint density at radius 2 is 1.90 bits per heavy atom. The zero-order valence-corrected chi connectivity index (χ0v) is 12.7. The van der Waals surface area contributed by atoms with E-state index in [0.717, 1.165) is 25.9 Å². The Kier molecular flexibility index (Phi) is 5.80. The number of likely N-dealkylation sites (tertiary alicyclic amines) is 1. The number of nitrogens with one attached hydrogen (secondary N) is 1. The minimum absolute atomic E-state index is 0.0861. The van der Waals surface area contributed by atoms with Crippen LogP contribution >= 0.6 is 23.2 Å². The zero-order chi connectivity index (χ0) is 14.4. The maximum atomic E-state index is 12.0. The van der Waals surface area contributed by atoms with Gasteiger partial charge in [-0.3, -0.25) is 0 Å². The third kappa shape index (κ3) is 4.46. The number of hydrogen-bond donors (Lipinski definition) is 1. The summed E-state index contributed by atoms with van der Waals surface area (Å²) in [6.45, 7) is 1.72. The number of halogens is 2. The minimum Gasteiger partial charge on any atom is -0.472 e. The fourth-order valence-corrected chi connectivity index (χ4v) is 2.62. The highest BCUT2D eigenvalue weighted by molar-refractivity contribution is 6.35. The van der Waals surface area contributed by atoms with Crippen molar-refractivity contribution in [3.63, 3.8) is 0 Å². The number of amides is 2. The van der Waals surface area contributed by atoms with Gasteiger partial charge in [0, 0.05) is 18.1 Å². The van der Waals surface area contributed by atoms with E-state index in [9.17, 15) is 4.79 Å². The van der Waals surface area contributed by atoms with Crippen LogP contribution in [0, 0.1) is 0 Å². The summed E-state index contributed by atoms with van der Waals surface area (Å²) >= 11 is 11.8. The van der Waals surface area contributed by atoms with Crippen molar-refractivity contribution in [1.82, 2.24) is 10.2 Å². The molecule has 2 rings (SSSR count). The van der Waals surface area contributed by atoms with E-state index in [0.29, 0.717) is 15.8 Å². The predicted octanol–water partition coefficient (Wildman–Crippen LogP) is 3.92. The first-order valence-electron chi connectivity index (χ1n) is 6.77. The summed E-state index contributed by atoms with van der Waals surface area (Å²) in [4.78, 5) is 13.8. The highest BCUT2D eigenvalue weighted by Crippen LogP contribution is 2.27. The second-order valence-electron chi connectivity index (χ2n) is 4.75. The molecule has 110 valence electrons. The molecule has 1 aliphatic heterocycles. The van der Waals surface area contributed by atoms with Gasteiger partial charge in [0.15, 0.2) is 6.73 Å². The average molecular weight is 317 g/mol. The maximum Gasteiger partial charge on any atom is 0.320 e. The number of benzene rings is 1. The topological polar surface area (TPSA) is 41.6 Å². The fourth-order valence-electron chi connectivity index (χ4n) is 2.15. The van der Waals surface area contributed by atoms with Crippen LogP contribution in [-0.2, 0) is 0 Å². The molecule has 0 spiro atoms. The second kappa shape index (κ2) is 7.60. The van der Waals surface area contributed by atoms with Gasteiger partial charge in [0.25, 0.3) is 0 Å². The Hall–Kier alpha value is -1.13. The van der Waals surface area contributed by atoms with Crippen molar-refractivity contribution in [2.24, 2.45) is 0 Å². The quantitative estimate of drug-likeness (QED) is 0.859. The van der Waals surface area contributed by atoms with E-state index < -0.39 is 0 Å². The summed E-state index contributed by atoms with van der Waals surface area (Å²) in [6, 6.07) is 4.90. The predicted molar refractivity (Wildman–Crippen MR) is 80.5 cm³/mol. The normalized spacial score (nSPS) is 15.6. The SMILES string of the molecule is O=C(NCOc1ccc(Cl)cc1Cl)N1CCCCCC1. The van der Waals surface area contributed by atoms with Gasteiger partial charge < -0.3 is 15.0 Å². The Labute approximate surface area is 129 Å². The van der Waals surface area contributed by atoms with Gasteiger partial charge in [0.2, 0.25) is 0 Å². The van der Waals surface area contributed by atoms with Crippen LogP contribution in [0.25, 0.3) is 0 Å². The first-order valence-corrected chi connectivity index (χ1v) is 7.53. The van der Waals surface area contributed by atoms with E-state index >= 15 is 0 Å². The van der Waals surface area contributed by atoms with Gasteiger partial charge >= 0.3 is 6.03 Å². The summed E-state index contributed by atoms with van der Waals surface area (Å²) < 4.78 is 5.44. The maximum absolute atomic E-state index is 12.0. The minimum atomic E-state index is -0.0861. The molecule has 0 bridgehead atoms. The number of urea groups is 1. The van der Waals surface area contributed by atoms with Crippen molar-refractivity contribution in [3.05, 3.63) is 28.2 Å². The molecular formula is C14H18Cl2N2O2. The van der Waals surface area contributed by atoms with Crippen LogP contribution in [0.1, 0.15) is 25.7 Å². The summed E-state index contributed by atoms with van der Waals surface area (Å²) in [5, 5.41) is 3.73. The van der Waals surface area contributed by atoms with Gasteiger partial charge in [-0.2, -0.15) is 0 Å². The van der Waals surface area contributed by atoms with Crippen molar-refractivity contribution in [1.29, 1.82) is 0 Å². The first-order chi connectivity index (χ1) is 9.66. The summed E-state index contributed by atoms with van der Waals surface area (Å²) in [7, 11) is 0. The van der Waals surface area contributed by atoms with Gasteiger partial charge in [-0.15, -0.1) is 0 Å². The Morgan fingerprint density at radius 1 is 1.20 bits per heavy atom. The molecule has 1 heterocycles. The number of hydrogen-bond acceptors (Lipinski definition) is 2. The van der Waals surface area contributed by atoms with E-state index in [1.807, 2.05) is 4.90 Å². The Morgan fingerprint density at radius 3 is 2.55 bits per heavy atom. The highest BCUT2D eigenvalue weighted by atomic mass is 35.5. The van der Waals surface area contributed by atoms with Gasteiger partial charge in [-0.05, 0) is 31.0 Å². The van der Waals surface area contributed by atoms with E-state index in [4.69, 9.17) is 27.9 Å². The summed E-state index contributed by atoms with van der Waals surface area (Å²) in [6.07, 6.45) is 4.52. The molecular weight excluding hydrogens is 299 g/mol. The van der Waals surface area contributed by atoms with E-state index in [1.165, 1.54) is 12.8 Å². The van der Waals surface area contributed by atoms with Crippen molar-refractivity contribution in [2.45, 2.75) is 25.7 Å². The number of nitrogens with zero attached hydrogens (tertiary/aromatic N) is 1. The van der Waals surface area contributed by atoms with Crippen LogP contribution < -0.4 is 10.1 Å². The molecule has 20 heavy (non-hydrogen) atoms. The lowest BCUT2D eigenvalue weighted by molar-refractivity contribution is 0.186. The first kappa shape index (κ1) is 15.3. The molecule has 2 amide bonds. The molecule has 6 heteroatoms. The van der Waals surface area contributed by atoms with Crippen molar-refractivity contribution in [3.8, 4) is 5.75 Å². The van der Waals surface area contributed by atoms with Crippen LogP contribution in [-0.4, -0.2) is 30.8 Å². The molecule has 1 aliphatic rings. The third-order valence-corrected chi connectivity index (χ3v) is 3.77. The summed E-state index contributed by atoms with van der Waals surface area (Å²) in [5.74, 6) is 0.507. The molecule has 0 unspecified atom stereocenters. The third-order valence-electron chi connectivity index (χ3n) is 3.24. The van der Waals surface area contributed by atoms with Crippen LogP contribution in [0.3, 0.4) is 0 Å².